The van der Waals surface area contributed by atoms with E-state index in [1.807, 2.05) is 4.90 Å². The van der Waals surface area contributed by atoms with Gasteiger partial charge in [-0.2, -0.15) is 0 Å². The summed E-state index contributed by atoms with van der Waals surface area (Å²) in [6.45, 7) is 10.6. The molecule has 4 heterocycles. The molecule has 0 bridgehead atoms. The zero-order valence-electron chi connectivity index (χ0n) is 18.5. The van der Waals surface area contributed by atoms with E-state index in [1.54, 1.807) is 11.3 Å². The molecule has 1 saturated heterocycles. The van der Waals surface area contributed by atoms with Crippen LogP contribution in [0.15, 0.2) is 29.6 Å². The van der Waals surface area contributed by atoms with Gasteiger partial charge < -0.3 is 14.6 Å². The van der Waals surface area contributed by atoms with Crippen LogP contribution in [0.3, 0.4) is 0 Å². The molecule has 3 aromatic rings. The number of nitrogens with zero attached hydrogens (tertiary/aromatic N) is 3. The summed E-state index contributed by atoms with van der Waals surface area (Å²) in [6, 6.07) is 8.37. The summed E-state index contributed by atoms with van der Waals surface area (Å²) in [6.07, 6.45) is 0.833. The third kappa shape index (κ3) is 4.14. The van der Waals surface area contributed by atoms with Crippen LogP contribution < -0.4 is 0 Å². The Morgan fingerprint density at radius 3 is 2.94 bits per heavy atom. The van der Waals surface area contributed by atoms with Gasteiger partial charge in [-0.15, -0.1) is 11.3 Å². The minimum atomic E-state index is -0.0516. The fraction of sp³-hybridized carbons (Fsp3) is 0.500. The third-order valence-corrected chi connectivity index (χ3v) is 7.25. The number of rotatable bonds is 3. The molecule has 0 spiro atoms. The highest BCUT2D eigenvalue weighted by Gasteiger charge is 2.30. The first-order valence-corrected chi connectivity index (χ1v) is 11.9. The molecule has 0 saturated carbocycles. The first kappa shape index (κ1) is 20.7. The number of aromatic nitrogens is 2. The highest BCUT2D eigenvalue weighted by molar-refractivity contribution is 7.09. The molecule has 1 aromatic carbocycles. The molecular weight excluding hydrogens is 408 g/mol. The highest BCUT2D eigenvalue weighted by Crippen LogP contribution is 2.31. The Hall–Kier alpha value is -2.22. The number of benzene rings is 1. The topological polar surface area (TPSA) is 61.5 Å². The molecule has 1 unspecified atom stereocenters. The maximum atomic E-state index is 13.1. The summed E-state index contributed by atoms with van der Waals surface area (Å²) in [5.41, 5.74) is 4.85. The minimum Gasteiger partial charge on any atom is -0.368 e. The van der Waals surface area contributed by atoms with Crippen molar-refractivity contribution in [3.05, 3.63) is 51.6 Å². The Labute approximate surface area is 187 Å². The van der Waals surface area contributed by atoms with Gasteiger partial charge in [-0.1, -0.05) is 39.0 Å². The molecule has 5 rings (SSSR count). The van der Waals surface area contributed by atoms with Crippen LogP contribution in [0.4, 0.5) is 0 Å². The Kier molecular flexibility index (Phi) is 5.36. The Bertz CT molecular complexity index is 1100. The number of amides is 1. The summed E-state index contributed by atoms with van der Waals surface area (Å²) >= 11 is 1.66. The molecule has 1 atom stereocenters. The second-order valence-electron chi connectivity index (χ2n) is 9.61. The first-order valence-electron chi connectivity index (χ1n) is 11.0. The maximum absolute atomic E-state index is 13.1. The number of carbonyl (C=O) groups excluding carboxylic acids is 1. The lowest BCUT2D eigenvalue weighted by molar-refractivity contribution is -0.135. The van der Waals surface area contributed by atoms with Crippen LogP contribution in [0.25, 0.3) is 10.9 Å². The molecular formula is C24H30N4O2S. The van der Waals surface area contributed by atoms with Gasteiger partial charge >= 0.3 is 0 Å². The van der Waals surface area contributed by atoms with Crippen LogP contribution in [0.5, 0.6) is 0 Å². The van der Waals surface area contributed by atoms with E-state index < -0.39 is 0 Å². The van der Waals surface area contributed by atoms with Gasteiger partial charge in [0.15, 0.2) is 0 Å². The van der Waals surface area contributed by atoms with Crippen molar-refractivity contribution in [3.8, 4) is 0 Å². The van der Waals surface area contributed by atoms with E-state index in [4.69, 9.17) is 9.72 Å². The van der Waals surface area contributed by atoms with Gasteiger partial charge in [-0.3, -0.25) is 9.69 Å². The molecule has 1 amide bonds. The van der Waals surface area contributed by atoms with Gasteiger partial charge in [0.2, 0.25) is 5.91 Å². The van der Waals surface area contributed by atoms with Crippen LogP contribution in [0, 0.1) is 0 Å². The SMILES string of the molecule is CC(C)(C)c1csc(C2CN(CC(=O)N3CCc4[nH]c5ccccc5c4C3)CCO2)n1. The minimum absolute atomic E-state index is 0.0363. The summed E-state index contributed by atoms with van der Waals surface area (Å²) in [7, 11) is 0. The number of thiazole rings is 1. The summed E-state index contributed by atoms with van der Waals surface area (Å²) in [5, 5.41) is 4.39. The number of morpholine rings is 1. The van der Waals surface area contributed by atoms with E-state index in [0.717, 1.165) is 42.3 Å². The van der Waals surface area contributed by atoms with Gasteiger partial charge in [0.1, 0.15) is 11.1 Å². The molecule has 7 heteroatoms. The first-order chi connectivity index (χ1) is 14.9. The number of para-hydroxylation sites is 1. The van der Waals surface area contributed by atoms with Crippen molar-refractivity contribution in [2.75, 3.05) is 32.8 Å². The van der Waals surface area contributed by atoms with E-state index in [0.29, 0.717) is 19.7 Å². The van der Waals surface area contributed by atoms with E-state index in [9.17, 15) is 4.79 Å². The fourth-order valence-corrected chi connectivity index (χ4v) is 5.53. The summed E-state index contributed by atoms with van der Waals surface area (Å²) in [5.74, 6) is 0.200. The number of hydrogen-bond donors (Lipinski definition) is 1. The van der Waals surface area contributed by atoms with Gasteiger partial charge in [-0.05, 0) is 6.07 Å². The van der Waals surface area contributed by atoms with Crippen LogP contribution >= 0.6 is 11.3 Å². The molecule has 1 N–H and O–H groups in total. The number of aromatic amines is 1. The second kappa shape index (κ2) is 8.04. The van der Waals surface area contributed by atoms with Crippen molar-refractivity contribution in [1.82, 2.24) is 19.8 Å². The molecule has 164 valence electrons. The van der Waals surface area contributed by atoms with Crippen LogP contribution in [0.2, 0.25) is 0 Å². The third-order valence-electron chi connectivity index (χ3n) is 6.31. The molecule has 0 aliphatic carbocycles. The molecule has 1 fully saturated rings. The van der Waals surface area contributed by atoms with Crippen molar-refractivity contribution in [2.24, 2.45) is 0 Å². The molecule has 2 aliphatic rings. The summed E-state index contributed by atoms with van der Waals surface area (Å²) < 4.78 is 6.01. The van der Waals surface area contributed by atoms with Crippen LogP contribution in [-0.2, 0) is 27.9 Å². The second-order valence-corrected chi connectivity index (χ2v) is 10.5. The van der Waals surface area contributed by atoms with Crippen LogP contribution in [0.1, 0.15) is 48.8 Å². The predicted molar refractivity (Wildman–Crippen MR) is 123 cm³/mol. The molecule has 2 aromatic heterocycles. The highest BCUT2D eigenvalue weighted by atomic mass is 32.1. The molecule has 6 nitrogen and oxygen atoms in total. The van der Waals surface area contributed by atoms with Crippen molar-refractivity contribution in [1.29, 1.82) is 0 Å². The van der Waals surface area contributed by atoms with Crippen molar-refractivity contribution >= 4 is 28.1 Å². The van der Waals surface area contributed by atoms with E-state index in [2.05, 4.69) is 60.3 Å². The smallest absolute Gasteiger partial charge is 0.237 e. The average Bonchev–Trinajstić information content (AvgIpc) is 3.39. The predicted octanol–water partition coefficient (Wildman–Crippen LogP) is 3.88. The van der Waals surface area contributed by atoms with E-state index in [-0.39, 0.29) is 17.4 Å². The van der Waals surface area contributed by atoms with Crippen LogP contribution in [-0.4, -0.2) is 58.5 Å². The molecule has 0 radical (unpaired) electrons. The number of ether oxygens (including phenoxy) is 1. The lowest BCUT2D eigenvalue weighted by Crippen LogP contribution is -2.46. The molecule has 31 heavy (non-hydrogen) atoms. The number of carbonyl (C=O) groups is 1. The van der Waals surface area contributed by atoms with E-state index in [1.165, 1.54) is 16.6 Å². The number of fused-ring (bicyclic) bond motifs is 3. The van der Waals surface area contributed by atoms with Crippen molar-refractivity contribution < 1.29 is 9.53 Å². The largest absolute Gasteiger partial charge is 0.368 e. The number of nitrogens with one attached hydrogen (secondary N) is 1. The molecule has 2 aliphatic heterocycles. The number of hydrogen-bond acceptors (Lipinski definition) is 5. The Morgan fingerprint density at radius 2 is 2.13 bits per heavy atom. The normalized spacial score (nSPS) is 20.2. The van der Waals surface area contributed by atoms with Gasteiger partial charge in [-0.25, -0.2) is 4.98 Å². The van der Waals surface area contributed by atoms with Gasteiger partial charge in [0.25, 0.3) is 0 Å². The quantitative estimate of drug-likeness (QED) is 0.674. The lowest BCUT2D eigenvalue weighted by Gasteiger charge is -2.34. The number of H-pyrrole nitrogens is 1. The van der Waals surface area contributed by atoms with Crippen molar-refractivity contribution in [3.63, 3.8) is 0 Å². The van der Waals surface area contributed by atoms with Gasteiger partial charge in [0, 0.05) is 65.6 Å². The average molecular weight is 439 g/mol. The standard InChI is InChI=1S/C24H30N4O2S/c1-24(2,3)21-15-31-23(26-21)20-13-27(10-11-30-20)14-22(29)28-9-8-19-17(12-28)16-6-4-5-7-18(16)25-19/h4-7,15,20,25H,8-14H2,1-3H3. The summed E-state index contributed by atoms with van der Waals surface area (Å²) in [4.78, 5) is 25.7. The maximum Gasteiger partial charge on any atom is 0.237 e. The Balaban J connectivity index is 1.24. The van der Waals surface area contributed by atoms with Gasteiger partial charge in [0.05, 0.1) is 18.8 Å². The lowest BCUT2D eigenvalue weighted by atomic mass is 9.93. The monoisotopic (exact) mass is 438 g/mol. The zero-order chi connectivity index (χ0) is 21.6. The van der Waals surface area contributed by atoms with E-state index >= 15 is 0 Å². The van der Waals surface area contributed by atoms with Crippen molar-refractivity contribution in [2.45, 2.75) is 45.3 Å². The fourth-order valence-electron chi connectivity index (χ4n) is 4.45. The zero-order valence-corrected chi connectivity index (χ0v) is 19.3. The Morgan fingerprint density at radius 1 is 1.29 bits per heavy atom.